The maximum atomic E-state index is 12.7. The van der Waals surface area contributed by atoms with E-state index in [0.717, 1.165) is 11.3 Å². The summed E-state index contributed by atoms with van der Waals surface area (Å²) >= 11 is 0. The molecule has 0 aromatic heterocycles. The van der Waals surface area contributed by atoms with Crippen molar-refractivity contribution in [1.82, 2.24) is 4.90 Å². The first kappa shape index (κ1) is 15.4. The molecule has 0 radical (unpaired) electrons. The number of ether oxygens (including phenoxy) is 1. The molecule has 2 atom stereocenters. The number of carbonyl (C=O) groups is 2. The Morgan fingerprint density at radius 1 is 1.52 bits per heavy atom. The molecule has 0 aliphatic carbocycles. The first-order chi connectivity index (χ1) is 11.0. The molecule has 0 bridgehead atoms. The van der Waals surface area contributed by atoms with Crippen LogP contribution in [0.25, 0.3) is 0 Å². The van der Waals surface area contributed by atoms with Gasteiger partial charge in [0.1, 0.15) is 6.61 Å². The maximum absolute atomic E-state index is 12.7. The van der Waals surface area contributed by atoms with Crippen molar-refractivity contribution in [3.8, 4) is 0 Å². The number of aliphatic hydroxyl groups excluding tert-OH is 1. The number of amides is 2. The minimum atomic E-state index is -1.18. The molecular formula is C16H19N3O4. The molecule has 3 rings (SSSR count). The lowest BCUT2D eigenvalue weighted by Crippen LogP contribution is -2.50. The van der Waals surface area contributed by atoms with Gasteiger partial charge in [0.2, 0.25) is 0 Å². The molecule has 7 nitrogen and oxygen atoms in total. The number of hydrogen-bond acceptors (Lipinski definition) is 5. The molecule has 2 amide bonds. The van der Waals surface area contributed by atoms with Gasteiger partial charge in [-0.3, -0.25) is 4.79 Å². The number of nitrogen functional groups attached to an aromatic ring is 1. The van der Waals surface area contributed by atoms with E-state index >= 15 is 0 Å². The summed E-state index contributed by atoms with van der Waals surface area (Å²) in [5.41, 5.74) is 6.80. The zero-order valence-corrected chi connectivity index (χ0v) is 12.6. The quantitative estimate of drug-likeness (QED) is 0.634. The summed E-state index contributed by atoms with van der Waals surface area (Å²) in [7, 11) is 0. The Balaban J connectivity index is 2.10. The number of anilines is 2. The van der Waals surface area contributed by atoms with Crippen molar-refractivity contribution in [1.29, 1.82) is 0 Å². The summed E-state index contributed by atoms with van der Waals surface area (Å²) in [5.74, 6) is -0.208. The summed E-state index contributed by atoms with van der Waals surface area (Å²) in [5, 5.41) is 10.7. The standard InChI is InChI=1S/C16H19N3O4/c1-2-8-23-16(22)19-13-9-10(17)5-6-11(13)14(20)18-7-3-4-12(18)15(19)21/h2,5-6,9,12,15,21H,1,3-4,7-8,17H2/t12-,15-/m0/s1. The largest absolute Gasteiger partial charge is 0.445 e. The van der Waals surface area contributed by atoms with E-state index < -0.39 is 18.4 Å². The molecule has 1 aromatic rings. The summed E-state index contributed by atoms with van der Waals surface area (Å²) in [6, 6.07) is 4.24. The van der Waals surface area contributed by atoms with E-state index in [1.54, 1.807) is 17.0 Å². The van der Waals surface area contributed by atoms with Crippen LogP contribution >= 0.6 is 0 Å². The molecule has 3 N–H and O–H groups in total. The van der Waals surface area contributed by atoms with Gasteiger partial charge in [0.15, 0.2) is 6.23 Å². The topological polar surface area (TPSA) is 96.1 Å². The van der Waals surface area contributed by atoms with E-state index in [1.807, 2.05) is 0 Å². The SMILES string of the molecule is C=CCOC(=O)N1c2cc(N)ccc2C(=O)N2CCC[C@H]2[C@@H]1O. The summed E-state index contributed by atoms with van der Waals surface area (Å²) in [6.45, 7) is 4.07. The summed E-state index contributed by atoms with van der Waals surface area (Å²) in [4.78, 5) is 27.9. The number of aliphatic hydroxyl groups is 1. The lowest BCUT2D eigenvalue weighted by molar-refractivity contribution is 0.0496. The van der Waals surface area contributed by atoms with Gasteiger partial charge >= 0.3 is 6.09 Å². The van der Waals surface area contributed by atoms with Crippen LogP contribution in [0.4, 0.5) is 16.2 Å². The highest BCUT2D eigenvalue weighted by atomic mass is 16.6. The number of rotatable bonds is 2. The molecule has 0 saturated carbocycles. The van der Waals surface area contributed by atoms with Crippen LogP contribution in [-0.2, 0) is 4.74 Å². The van der Waals surface area contributed by atoms with E-state index in [4.69, 9.17) is 10.5 Å². The van der Waals surface area contributed by atoms with Crippen LogP contribution in [0.2, 0.25) is 0 Å². The lowest BCUT2D eigenvalue weighted by Gasteiger charge is -2.31. The van der Waals surface area contributed by atoms with Gasteiger partial charge in [-0.25, -0.2) is 9.69 Å². The Morgan fingerprint density at radius 2 is 2.30 bits per heavy atom. The first-order valence-electron chi connectivity index (χ1n) is 7.50. The maximum Gasteiger partial charge on any atom is 0.416 e. The Hall–Kier alpha value is -2.54. The Kier molecular flexibility index (Phi) is 3.96. The highest BCUT2D eigenvalue weighted by Crippen LogP contribution is 2.35. The second-order valence-electron chi connectivity index (χ2n) is 5.63. The van der Waals surface area contributed by atoms with Gasteiger partial charge in [0.25, 0.3) is 5.91 Å². The van der Waals surface area contributed by atoms with Gasteiger partial charge in [0, 0.05) is 12.2 Å². The highest BCUT2D eigenvalue weighted by molar-refractivity contribution is 6.05. The van der Waals surface area contributed by atoms with Crippen molar-refractivity contribution in [2.24, 2.45) is 0 Å². The van der Waals surface area contributed by atoms with Crippen molar-refractivity contribution >= 4 is 23.4 Å². The van der Waals surface area contributed by atoms with E-state index in [1.165, 1.54) is 12.1 Å². The molecule has 2 aliphatic heterocycles. The van der Waals surface area contributed by atoms with Crippen molar-refractivity contribution in [2.45, 2.75) is 25.1 Å². The van der Waals surface area contributed by atoms with Crippen LogP contribution < -0.4 is 10.6 Å². The second kappa shape index (κ2) is 5.92. The molecule has 0 unspecified atom stereocenters. The van der Waals surface area contributed by atoms with Crippen LogP contribution in [0.15, 0.2) is 30.9 Å². The van der Waals surface area contributed by atoms with E-state index in [9.17, 15) is 14.7 Å². The van der Waals surface area contributed by atoms with Crippen LogP contribution in [0.5, 0.6) is 0 Å². The monoisotopic (exact) mass is 317 g/mol. The van der Waals surface area contributed by atoms with E-state index in [0.29, 0.717) is 24.2 Å². The zero-order chi connectivity index (χ0) is 16.6. The number of hydrogen-bond donors (Lipinski definition) is 2. The lowest BCUT2D eigenvalue weighted by atomic mass is 10.1. The molecule has 0 spiro atoms. The third-order valence-corrected chi connectivity index (χ3v) is 4.20. The molecular weight excluding hydrogens is 298 g/mol. The van der Waals surface area contributed by atoms with Gasteiger partial charge in [-0.2, -0.15) is 0 Å². The van der Waals surface area contributed by atoms with E-state index in [-0.39, 0.29) is 18.2 Å². The predicted molar refractivity (Wildman–Crippen MR) is 84.9 cm³/mol. The molecule has 1 aromatic carbocycles. The molecule has 2 aliphatic rings. The van der Waals surface area contributed by atoms with Crippen molar-refractivity contribution in [3.63, 3.8) is 0 Å². The Morgan fingerprint density at radius 3 is 3.04 bits per heavy atom. The van der Waals surface area contributed by atoms with Crippen LogP contribution in [0.3, 0.4) is 0 Å². The van der Waals surface area contributed by atoms with Gasteiger partial charge in [-0.15, -0.1) is 0 Å². The number of benzene rings is 1. The average Bonchev–Trinajstić information content (AvgIpc) is 2.99. The van der Waals surface area contributed by atoms with Gasteiger partial charge in [-0.05, 0) is 31.0 Å². The second-order valence-corrected chi connectivity index (χ2v) is 5.63. The zero-order valence-electron chi connectivity index (χ0n) is 12.6. The molecule has 1 saturated heterocycles. The minimum absolute atomic E-state index is 0.0159. The fraction of sp³-hybridized carbons (Fsp3) is 0.375. The third-order valence-electron chi connectivity index (χ3n) is 4.20. The number of fused-ring (bicyclic) bond motifs is 2. The smallest absolute Gasteiger partial charge is 0.416 e. The normalized spacial score (nSPS) is 23.1. The molecule has 23 heavy (non-hydrogen) atoms. The highest BCUT2D eigenvalue weighted by Gasteiger charge is 2.44. The van der Waals surface area contributed by atoms with E-state index in [2.05, 4.69) is 6.58 Å². The minimum Gasteiger partial charge on any atom is -0.445 e. The number of nitrogens with zero attached hydrogens (tertiary/aromatic N) is 2. The summed E-state index contributed by atoms with van der Waals surface area (Å²) in [6.07, 6.45) is 0.942. The average molecular weight is 317 g/mol. The fourth-order valence-electron chi connectivity index (χ4n) is 3.16. The van der Waals surface area contributed by atoms with Crippen molar-refractivity contribution in [3.05, 3.63) is 36.4 Å². The predicted octanol–water partition coefficient (Wildman–Crippen LogP) is 1.33. The van der Waals surface area contributed by atoms with Crippen molar-refractivity contribution < 1.29 is 19.4 Å². The third kappa shape index (κ3) is 2.53. The van der Waals surface area contributed by atoms with Crippen LogP contribution in [-0.4, -0.2) is 47.4 Å². The fourth-order valence-corrected chi connectivity index (χ4v) is 3.16. The number of carbonyl (C=O) groups excluding carboxylic acids is 2. The van der Waals surface area contributed by atoms with Crippen molar-refractivity contribution in [2.75, 3.05) is 23.8 Å². The molecule has 7 heteroatoms. The van der Waals surface area contributed by atoms with Crippen LogP contribution in [0, 0.1) is 0 Å². The first-order valence-corrected chi connectivity index (χ1v) is 7.50. The van der Waals surface area contributed by atoms with Gasteiger partial charge in [-0.1, -0.05) is 12.7 Å². The van der Waals surface area contributed by atoms with Gasteiger partial charge < -0.3 is 20.5 Å². The Bertz CT molecular complexity index is 661. The van der Waals surface area contributed by atoms with Gasteiger partial charge in [0.05, 0.1) is 17.3 Å². The molecule has 122 valence electrons. The van der Waals surface area contributed by atoms with Crippen LogP contribution in [0.1, 0.15) is 23.2 Å². The molecule has 1 fully saturated rings. The Labute approximate surface area is 133 Å². The number of nitrogens with two attached hydrogens (primary N) is 1. The summed E-state index contributed by atoms with van der Waals surface area (Å²) < 4.78 is 5.08. The molecule has 2 heterocycles.